The summed E-state index contributed by atoms with van der Waals surface area (Å²) in [7, 11) is 1.38. The third-order valence-electron chi connectivity index (χ3n) is 5.30. The number of carbonyl (C=O) groups excluding carboxylic acids is 1. The second-order valence-corrected chi connectivity index (χ2v) is 8.16. The number of thioether (sulfide) groups is 1. The zero-order valence-electron chi connectivity index (χ0n) is 16.5. The highest BCUT2D eigenvalue weighted by atomic mass is 32.2. The zero-order valence-corrected chi connectivity index (χ0v) is 17.3. The molecule has 170 valence electrons. The molecule has 0 aliphatic carbocycles. The molecule has 4 rings (SSSR count). The molecule has 2 aliphatic rings. The Hall–Kier alpha value is -2.93. The van der Waals surface area contributed by atoms with Gasteiger partial charge in [-0.3, -0.25) is 4.79 Å². The lowest BCUT2D eigenvalue weighted by Crippen LogP contribution is -2.44. The lowest BCUT2D eigenvalue weighted by molar-refractivity contribution is -0.0359. The molecule has 2 aliphatic heterocycles. The summed E-state index contributed by atoms with van der Waals surface area (Å²) in [5.74, 6) is -4.00. The van der Waals surface area contributed by atoms with Crippen molar-refractivity contribution in [3.05, 3.63) is 47.4 Å². The lowest BCUT2D eigenvalue weighted by atomic mass is 9.78. The average molecular weight is 471 g/mol. The van der Waals surface area contributed by atoms with Crippen molar-refractivity contribution in [1.82, 2.24) is 9.97 Å². The number of alkyl halides is 2. The Bertz CT molecular complexity index is 1070. The van der Waals surface area contributed by atoms with E-state index in [1.165, 1.54) is 13.3 Å². The average Bonchev–Trinajstić information content (AvgIpc) is 3.15. The first-order chi connectivity index (χ1) is 15.2. The van der Waals surface area contributed by atoms with Gasteiger partial charge in [0.15, 0.2) is 16.8 Å². The SMILES string of the molecule is COc1cnc(C(=O)Nc2cc(F)c(F)c([C@]34CO[C@H](C(F)F)[C@H]3CSC(N)=N4)c2)cn1. The number of amidine groups is 1. The fourth-order valence-electron chi connectivity index (χ4n) is 3.77. The Morgan fingerprint density at radius 1 is 1.34 bits per heavy atom. The molecule has 1 aromatic heterocycles. The van der Waals surface area contributed by atoms with E-state index in [0.29, 0.717) is 0 Å². The molecule has 32 heavy (non-hydrogen) atoms. The van der Waals surface area contributed by atoms with E-state index >= 15 is 0 Å². The summed E-state index contributed by atoms with van der Waals surface area (Å²) in [5, 5.41) is 2.45. The number of fused-ring (bicyclic) bond motifs is 1. The second-order valence-electron chi connectivity index (χ2n) is 7.12. The third kappa shape index (κ3) is 3.86. The lowest BCUT2D eigenvalue weighted by Gasteiger charge is -2.36. The van der Waals surface area contributed by atoms with Crippen LogP contribution in [0.3, 0.4) is 0 Å². The Morgan fingerprint density at radius 2 is 2.12 bits per heavy atom. The van der Waals surface area contributed by atoms with Gasteiger partial charge in [0.1, 0.15) is 17.3 Å². The summed E-state index contributed by atoms with van der Waals surface area (Å²) in [4.78, 5) is 24.4. The quantitative estimate of drug-likeness (QED) is 0.645. The number of aliphatic imine (C=N–C) groups is 1. The van der Waals surface area contributed by atoms with E-state index < -0.39 is 48.1 Å². The predicted octanol–water partition coefficient (Wildman–Crippen LogP) is 2.55. The minimum atomic E-state index is -2.85. The number of hydrogen-bond acceptors (Lipinski definition) is 8. The van der Waals surface area contributed by atoms with Gasteiger partial charge < -0.3 is 20.5 Å². The van der Waals surface area contributed by atoms with Crippen LogP contribution < -0.4 is 15.8 Å². The first-order valence-corrected chi connectivity index (χ1v) is 10.3. The molecule has 13 heteroatoms. The monoisotopic (exact) mass is 471 g/mol. The van der Waals surface area contributed by atoms with Gasteiger partial charge in [-0.05, 0) is 6.07 Å². The molecule has 3 N–H and O–H groups in total. The first kappa shape index (κ1) is 22.3. The highest BCUT2D eigenvalue weighted by Gasteiger charge is 2.57. The number of benzene rings is 1. The van der Waals surface area contributed by atoms with Crippen LogP contribution in [-0.2, 0) is 10.3 Å². The van der Waals surface area contributed by atoms with E-state index in [1.807, 2.05) is 0 Å². The number of halogens is 4. The molecular formula is C19H17F4N5O3S. The van der Waals surface area contributed by atoms with Crippen LogP contribution in [0.5, 0.6) is 5.88 Å². The molecule has 8 nitrogen and oxygen atoms in total. The molecule has 3 atom stereocenters. The summed E-state index contributed by atoms with van der Waals surface area (Å²) in [6.45, 7) is -0.411. The summed E-state index contributed by atoms with van der Waals surface area (Å²) in [5.41, 5.74) is 3.59. The number of methoxy groups -OCH3 is 1. The van der Waals surface area contributed by atoms with Crippen LogP contribution in [0.25, 0.3) is 0 Å². The summed E-state index contributed by atoms with van der Waals surface area (Å²) in [6, 6.07) is 1.91. The van der Waals surface area contributed by atoms with Crippen LogP contribution in [0.4, 0.5) is 23.2 Å². The van der Waals surface area contributed by atoms with Gasteiger partial charge in [-0.25, -0.2) is 32.5 Å². The maximum Gasteiger partial charge on any atom is 0.275 e. The van der Waals surface area contributed by atoms with Gasteiger partial charge in [0, 0.05) is 29.0 Å². The first-order valence-electron chi connectivity index (χ1n) is 9.30. The van der Waals surface area contributed by atoms with Crippen molar-refractivity contribution >= 4 is 28.5 Å². The second kappa shape index (κ2) is 8.54. The number of aromatic nitrogens is 2. The molecule has 0 unspecified atom stereocenters. The molecule has 1 fully saturated rings. The highest BCUT2D eigenvalue weighted by molar-refractivity contribution is 8.13. The van der Waals surface area contributed by atoms with Crippen LogP contribution in [0.15, 0.2) is 29.5 Å². The fourth-order valence-corrected chi connectivity index (χ4v) is 4.81. The number of carbonyl (C=O) groups is 1. The van der Waals surface area contributed by atoms with Gasteiger partial charge in [-0.15, -0.1) is 0 Å². The molecular weight excluding hydrogens is 454 g/mol. The molecule has 1 amide bonds. The Morgan fingerprint density at radius 3 is 2.78 bits per heavy atom. The molecule has 0 spiro atoms. The Balaban J connectivity index is 1.72. The van der Waals surface area contributed by atoms with Crippen LogP contribution in [0, 0.1) is 17.6 Å². The molecule has 0 bridgehead atoms. The normalized spacial score (nSPS) is 24.8. The number of anilines is 1. The number of nitrogens with two attached hydrogens (primary N) is 1. The van der Waals surface area contributed by atoms with Crippen molar-refractivity contribution < 1.29 is 31.8 Å². The van der Waals surface area contributed by atoms with E-state index in [1.54, 1.807) is 0 Å². The van der Waals surface area contributed by atoms with Crippen molar-refractivity contribution in [2.45, 2.75) is 18.1 Å². The van der Waals surface area contributed by atoms with E-state index in [0.717, 1.165) is 30.1 Å². The number of rotatable bonds is 5. The molecule has 0 radical (unpaired) electrons. The summed E-state index contributed by atoms with van der Waals surface area (Å²) >= 11 is 1.04. The summed E-state index contributed by atoms with van der Waals surface area (Å²) < 4.78 is 66.5. The Labute approximate surface area is 183 Å². The molecule has 1 aromatic carbocycles. The van der Waals surface area contributed by atoms with Crippen LogP contribution >= 0.6 is 11.8 Å². The van der Waals surface area contributed by atoms with Crippen molar-refractivity contribution in [2.24, 2.45) is 16.6 Å². The molecule has 3 heterocycles. The van der Waals surface area contributed by atoms with Crippen molar-refractivity contribution in [3.63, 3.8) is 0 Å². The van der Waals surface area contributed by atoms with Gasteiger partial charge in [0.2, 0.25) is 5.88 Å². The highest BCUT2D eigenvalue weighted by Crippen LogP contribution is 2.50. The van der Waals surface area contributed by atoms with Crippen molar-refractivity contribution in [2.75, 3.05) is 24.8 Å². The van der Waals surface area contributed by atoms with Gasteiger partial charge in [-0.1, -0.05) is 11.8 Å². The molecule has 1 saturated heterocycles. The van der Waals surface area contributed by atoms with E-state index in [9.17, 15) is 22.4 Å². The zero-order chi connectivity index (χ0) is 23.0. The van der Waals surface area contributed by atoms with Gasteiger partial charge in [0.05, 0.1) is 26.1 Å². The maximum absolute atomic E-state index is 14.9. The topological polar surface area (TPSA) is 112 Å². The largest absolute Gasteiger partial charge is 0.480 e. The number of amides is 1. The van der Waals surface area contributed by atoms with E-state index in [-0.39, 0.29) is 33.7 Å². The Kier molecular flexibility index (Phi) is 5.95. The van der Waals surface area contributed by atoms with Gasteiger partial charge >= 0.3 is 0 Å². The smallest absolute Gasteiger partial charge is 0.275 e. The predicted molar refractivity (Wildman–Crippen MR) is 108 cm³/mol. The molecule has 2 aromatic rings. The van der Waals surface area contributed by atoms with Crippen LogP contribution in [-0.4, -0.2) is 53.0 Å². The van der Waals surface area contributed by atoms with Gasteiger partial charge in [-0.2, -0.15) is 0 Å². The number of nitrogens with one attached hydrogen (secondary N) is 1. The van der Waals surface area contributed by atoms with Crippen molar-refractivity contribution in [1.29, 1.82) is 0 Å². The van der Waals surface area contributed by atoms with Crippen molar-refractivity contribution in [3.8, 4) is 5.88 Å². The number of ether oxygens (including phenoxy) is 2. The standard InChI is InChI=1S/C19H17F4N5O3S/c1-30-13-5-25-12(4-26-13)17(29)27-8-2-9(14(21)11(20)3-8)19-7-31-15(16(22)23)10(19)6-32-18(24)28-19/h2-5,10,15-16H,6-7H2,1H3,(H2,24,28)(H,27,29)/t10-,15+,19-/m1/s1. The van der Waals surface area contributed by atoms with Crippen LogP contribution in [0.1, 0.15) is 16.1 Å². The number of hydrogen-bond donors (Lipinski definition) is 2. The minimum absolute atomic E-state index is 0.0440. The van der Waals surface area contributed by atoms with E-state index in [2.05, 4.69) is 20.3 Å². The van der Waals surface area contributed by atoms with E-state index in [4.69, 9.17) is 15.2 Å². The third-order valence-corrected chi connectivity index (χ3v) is 6.21. The fraction of sp³-hybridized carbons (Fsp3) is 0.368. The summed E-state index contributed by atoms with van der Waals surface area (Å²) in [6.07, 6.45) is -2.01. The van der Waals surface area contributed by atoms with Gasteiger partial charge in [0.25, 0.3) is 12.3 Å². The molecule has 0 saturated carbocycles. The number of nitrogens with zero attached hydrogens (tertiary/aromatic N) is 3. The van der Waals surface area contributed by atoms with Crippen LogP contribution in [0.2, 0.25) is 0 Å². The minimum Gasteiger partial charge on any atom is -0.480 e. The maximum atomic E-state index is 14.9.